The zero-order valence-electron chi connectivity index (χ0n) is 16.7. The second-order valence-electron chi connectivity index (χ2n) is 7.82. The molecule has 2 aliphatic heterocycles. The van der Waals surface area contributed by atoms with E-state index >= 15 is 0 Å². The smallest absolute Gasteiger partial charge is 0.244 e. The summed E-state index contributed by atoms with van der Waals surface area (Å²) in [6, 6.07) is 14.2. The van der Waals surface area contributed by atoms with Gasteiger partial charge in [-0.3, -0.25) is 14.5 Å². The summed E-state index contributed by atoms with van der Waals surface area (Å²) < 4.78 is 14.1. The summed E-state index contributed by atoms with van der Waals surface area (Å²) in [5.41, 5.74) is 2.56. The molecule has 2 aromatic carbocycles. The van der Waals surface area contributed by atoms with E-state index in [0.29, 0.717) is 51.3 Å². The minimum Gasteiger partial charge on any atom is -0.340 e. The van der Waals surface area contributed by atoms with Crippen LogP contribution in [0.4, 0.5) is 10.1 Å². The molecule has 2 aliphatic rings. The summed E-state index contributed by atoms with van der Waals surface area (Å²) in [7, 11) is 0. The van der Waals surface area contributed by atoms with Crippen molar-refractivity contribution in [3.8, 4) is 0 Å². The van der Waals surface area contributed by atoms with E-state index in [9.17, 15) is 14.0 Å². The van der Waals surface area contributed by atoms with Crippen LogP contribution in [0.25, 0.3) is 0 Å². The monoisotopic (exact) mass is 395 g/mol. The number of para-hydroxylation sites is 1. The van der Waals surface area contributed by atoms with Crippen molar-refractivity contribution < 1.29 is 14.0 Å². The normalized spacial score (nSPS) is 20.3. The van der Waals surface area contributed by atoms with Crippen molar-refractivity contribution in [3.63, 3.8) is 0 Å². The Balaban J connectivity index is 1.33. The molecule has 1 atom stereocenters. The van der Waals surface area contributed by atoms with Crippen LogP contribution in [0, 0.1) is 12.7 Å². The molecule has 0 bridgehead atoms. The van der Waals surface area contributed by atoms with Gasteiger partial charge in [-0.15, -0.1) is 0 Å². The number of carbonyl (C=O) groups excluding carboxylic acids is 2. The van der Waals surface area contributed by atoms with Gasteiger partial charge in [-0.1, -0.05) is 42.0 Å². The van der Waals surface area contributed by atoms with Crippen LogP contribution in [0.5, 0.6) is 0 Å². The van der Waals surface area contributed by atoms with Crippen molar-refractivity contribution in [1.82, 2.24) is 9.80 Å². The minimum atomic E-state index is -0.368. The number of hydrogen-bond donors (Lipinski definition) is 0. The number of nitrogens with zero attached hydrogens (tertiary/aromatic N) is 3. The average molecular weight is 395 g/mol. The molecule has 0 saturated carbocycles. The van der Waals surface area contributed by atoms with E-state index in [2.05, 4.69) is 4.90 Å². The first-order valence-corrected chi connectivity index (χ1v) is 10.2. The molecule has 0 aliphatic carbocycles. The molecule has 2 fully saturated rings. The highest BCUT2D eigenvalue weighted by atomic mass is 19.1. The highest BCUT2D eigenvalue weighted by molar-refractivity contribution is 5.99. The van der Waals surface area contributed by atoms with Gasteiger partial charge in [-0.2, -0.15) is 0 Å². The van der Waals surface area contributed by atoms with Crippen LogP contribution < -0.4 is 4.90 Å². The van der Waals surface area contributed by atoms with Gasteiger partial charge in [0.15, 0.2) is 0 Å². The molecule has 0 N–H and O–H groups in total. The van der Waals surface area contributed by atoms with Gasteiger partial charge in [-0.25, -0.2) is 4.39 Å². The summed E-state index contributed by atoms with van der Waals surface area (Å²) in [5, 5.41) is 0. The largest absolute Gasteiger partial charge is 0.340 e. The Labute approximate surface area is 170 Å². The van der Waals surface area contributed by atoms with E-state index in [1.54, 1.807) is 23.1 Å². The number of carbonyl (C=O) groups is 2. The first kappa shape index (κ1) is 19.6. The Kier molecular flexibility index (Phi) is 5.62. The second kappa shape index (κ2) is 8.33. The van der Waals surface area contributed by atoms with E-state index in [-0.39, 0.29) is 23.7 Å². The topological polar surface area (TPSA) is 43.9 Å². The molecular weight excluding hydrogens is 369 g/mol. The molecule has 5 nitrogen and oxygen atoms in total. The zero-order valence-corrected chi connectivity index (χ0v) is 16.7. The number of hydrogen-bond acceptors (Lipinski definition) is 3. The van der Waals surface area contributed by atoms with Crippen LogP contribution in [0.1, 0.15) is 17.5 Å². The predicted molar refractivity (Wildman–Crippen MR) is 110 cm³/mol. The molecule has 0 aromatic heterocycles. The van der Waals surface area contributed by atoms with Crippen molar-refractivity contribution in [2.45, 2.75) is 25.8 Å². The summed E-state index contributed by atoms with van der Waals surface area (Å²) in [6.45, 7) is 5.13. The van der Waals surface area contributed by atoms with Gasteiger partial charge in [0.05, 0.1) is 18.2 Å². The molecule has 2 heterocycles. The van der Waals surface area contributed by atoms with E-state index in [0.717, 1.165) is 5.56 Å². The lowest BCUT2D eigenvalue weighted by Crippen LogP contribution is -2.54. The molecular formula is C23H26FN3O2. The second-order valence-corrected chi connectivity index (χ2v) is 7.82. The van der Waals surface area contributed by atoms with E-state index in [1.807, 2.05) is 36.1 Å². The third-order valence-corrected chi connectivity index (χ3v) is 5.90. The summed E-state index contributed by atoms with van der Waals surface area (Å²) in [4.78, 5) is 31.1. The van der Waals surface area contributed by atoms with Gasteiger partial charge in [-0.05, 0) is 31.0 Å². The van der Waals surface area contributed by atoms with Crippen LogP contribution in [-0.2, 0) is 16.0 Å². The maximum atomic E-state index is 14.1. The van der Waals surface area contributed by atoms with Crippen LogP contribution >= 0.6 is 0 Å². The molecule has 0 spiro atoms. The van der Waals surface area contributed by atoms with Gasteiger partial charge in [0.25, 0.3) is 0 Å². The Morgan fingerprint density at radius 1 is 1.00 bits per heavy atom. The fourth-order valence-corrected chi connectivity index (χ4v) is 4.19. The standard InChI is InChI=1S/C23H26FN3O2/c1-17-6-8-18(9-7-17)16-22(28)26-14-12-25(13-15-26)21-10-11-27(23(21)29)20-5-3-2-4-19(20)24/h2-9,21H,10-16H2,1H3. The molecule has 29 heavy (non-hydrogen) atoms. The Morgan fingerprint density at radius 2 is 1.69 bits per heavy atom. The lowest BCUT2D eigenvalue weighted by molar-refractivity contribution is -0.133. The van der Waals surface area contributed by atoms with Crippen LogP contribution in [0.3, 0.4) is 0 Å². The van der Waals surface area contributed by atoms with Gasteiger partial charge >= 0.3 is 0 Å². The molecule has 0 radical (unpaired) electrons. The van der Waals surface area contributed by atoms with Gasteiger partial charge in [0, 0.05) is 32.7 Å². The summed E-state index contributed by atoms with van der Waals surface area (Å²) >= 11 is 0. The minimum absolute atomic E-state index is 0.0467. The van der Waals surface area contributed by atoms with Crippen LogP contribution in [-0.4, -0.2) is 60.4 Å². The number of aryl methyl sites for hydroxylation is 1. The van der Waals surface area contributed by atoms with Crippen LogP contribution in [0.15, 0.2) is 48.5 Å². The lowest BCUT2D eigenvalue weighted by atomic mass is 10.1. The van der Waals surface area contributed by atoms with Crippen molar-refractivity contribution in [2.24, 2.45) is 0 Å². The van der Waals surface area contributed by atoms with Gasteiger partial charge < -0.3 is 9.80 Å². The number of benzene rings is 2. The van der Waals surface area contributed by atoms with Gasteiger partial charge in [0.2, 0.25) is 11.8 Å². The number of rotatable bonds is 4. The fourth-order valence-electron chi connectivity index (χ4n) is 4.19. The number of anilines is 1. The number of amides is 2. The lowest BCUT2D eigenvalue weighted by Gasteiger charge is -2.37. The highest BCUT2D eigenvalue weighted by Gasteiger charge is 2.38. The predicted octanol–water partition coefficient (Wildman–Crippen LogP) is 2.63. The van der Waals surface area contributed by atoms with E-state index in [4.69, 9.17) is 0 Å². The first-order valence-electron chi connectivity index (χ1n) is 10.2. The zero-order chi connectivity index (χ0) is 20.4. The molecule has 1 unspecified atom stereocenters. The van der Waals surface area contributed by atoms with Crippen molar-refractivity contribution >= 4 is 17.5 Å². The highest BCUT2D eigenvalue weighted by Crippen LogP contribution is 2.27. The van der Waals surface area contributed by atoms with Crippen LogP contribution in [0.2, 0.25) is 0 Å². The Morgan fingerprint density at radius 3 is 2.38 bits per heavy atom. The maximum absolute atomic E-state index is 14.1. The quantitative estimate of drug-likeness (QED) is 0.800. The first-order chi connectivity index (χ1) is 14.0. The molecule has 2 amide bonds. The number of piperazine rings is 1. The third kappa shape index (κ3) is 4.17. The Bertz CT molecular complexity index is 891. The Hall–Kier alpha value is -2.73. The van der Waals surface area contributed by atoms with E-state index in [1.165, 1.54) is 11.6 Å². The van der Waals surface area contributed by atoms with Gasteiger partial charge in [0.1, 0.15) is 5.82 Å². The van der Waals surface area contributed by atoms with Crippen molar-refractivity contribution in [1.29, 1.82) is 0 Å². The molecule has 2 aromatic rings. The summed E-state index contributed by atoms with van der Waals surface area (Å²) in [6.07, 6.45) is 1.09. The SMILES string of the molecule is Cc1ccc(CC(=O)N2CCN(C3CCN(c4ccccc4F)C3=O)CC2)cc1. The maximum Gasteiger partial charge on any atom is 0.244 e. The molecule has 152 valence electrons. The fraction of sp³-hybridized carbons (Fsp3) is 0.391. The number of halogens is 1. The van der Waals surface area contributed by atoms with Crippen molar-refractivity contribution in [3.05, 3.63) is 65.5 Å². The summed E-state index contributed by atoms with van der Waals surface area (Å²) in [5.74, 6) is -0.290. The third-order valence-electron chi connectivity index (χ3n) is 5.90. The molecule has 2 saturated heterocycles. The van der Waals surface area contributed by atoms with Crippen molar-refractivity contribution in [2.75, 3.05) is 37.6 Å². The molecule has 4 rings (SSSR count). The average Bonchev–Trinajstić information content (AvgIpc) is 3.11. The van der Waals surface area contributed by atoms with E-state index < -0.39 is 0 Å². The molecule has 6 heteroatoms.